The summed E-state index contributed by atoms with van der Waals surface area (Å²) in [5.74, 6) is -1.19. The molecule has 10 atom stereocenters. The van der Waals surface area contributed by atoms with E-state index in [4.69, 9.17) is 19.5 Å². The van der Waals surface area contributed by atoms with E-state index in [0.29, 0.717) is 22.9 Å². The highest BCUT2D eigenvalue weighted by Gasteiger charge is 2.42. The smallest absolute Gasteiger partial charge is 0.271 e. The Kier molecular flexibility index (Phi) is 12.4. The van der Waals surface area contributed by atoms with Crippen molar-refractivity contribution in [3.05, 3.63) is 32.2 Å². The average Bonchev–Trinajstić information content (AvgIpc) is 3.92. The highest BCUT2D eigenvalue weighted by Crippen LogP contribution is 2.30. The van der Waals surface area contributed by atoms with Crippen molar-refractivity contribution < 1.29 is 28.7 Å². The Morgan fingerprint density at radius 1 is 0.615 bits per heavy atom. The van der Waals surface area contributed by atoms with Crippen LogP contribution >= 0.6 is 22.7 Å². The third-order valence-electron chi connectivity index (χ3n) is 10.1. The minimum Gasteiger partial charge on any atom is -0.474 e. The number of ether oxygens (including phenoxy) is 2. The van der Waals surface area contributed by atoms with Crippen molar-refractivity contribution in [2.75, 3.05) is 0 Å². The molecule has 0 fully saturated rings. The van der Waals surface area contributed by atoms with Crippen molar-refractivity contribution >= 4 is 58.1 Å². The van der Waals surface area contributed by atoms with Gasteiger partial charge in [-0.2, -0.15) is 0 Å². The molecule has 284 valence electrons. The zero-order valence-electron chi connectivity index (χ0n) is 31.6. The number of hydrogen-bond acceptors (Lipinski definition) is 12. The van der Waals surface area contributed by atoms with E-state index < -0.39 is 60.3 Å². The Labute approximate surface area is 313 Å². The summed E-state index contributed by atoms with van der Waals surface area (Å²) >= 11 is 2.57. The number of aromatic nitrogens is 2. The number of rotatable bonds is 6. The Morgan fingerprint density at radius 2 is 0.981 bits per heavy atom. The van der Waals surface area contributed by atoms with Crippen LogP contribution < -0.4 is 21.3 Å². The van der Waals surface area contributed by atoms with Crippen molar-refractivity contribution in [1.29, 1.82) is 0 Å². The van der Waals surface area contributed by atoms with E-state index in [-0.39, 0.29) is 58.7 Å². The number of hydrogen-bond donors (Lipinski definition) is 4. The lowest BCUT2D eigenvalue weighted by Crippen LogP contribution is -2.46. The molecular weight excluding hydrogens is 705 g/mol. The summed E-state index contributed by atoms with van der Waals surface area (Å²) in [5, 5.41) is 16.8. The van der Waals surface area contributed by atoms with Crippen LogP contribution in [0.2, 0.25) is 0 Å². The van der Waals surface area contributed by atoms with Gasteiger partial charge in [-0.05, 0) is 37.5 Å². The first-order valence-corrected chi connectivity index (χ1v) is 20.0. The first kappa shape index (κ1) is 39.3. The van der Waals surface area contributed by atoms with Crippen LogP contribution in [0.5, 0.6) is 0 Å². The van der Waals surface area contributed by atoms with Gasteiger partial charge in [-0.1, -0.05) is 68.2 Å². The monoisotopic (exact) mass is 756 g/mol. The summed E-state index contributed by atoms with van der Waals surface area (Å²) in [6.07, 6.45) is 0.257. The van der Waals surface area contributed by atoms with Gasteiger partial charge in [0.2, 0.25) is 23.6 Å². The third kappa shape index (κ3) is 8.32. The van der Waals surface area contributed by atoms with E-state index in [1.807, 2.05) is 55.4 Å². The van der Waals surface area contributed by atoms with Gasteiger partial charge in [0.15, 0.2) is 12.1 Å². The van der Waals surface area contributed by atoms with Gasteiger partial charge in [0.05, 0.1) is 12.1 Å². The maximum absolute atomic E-state index is 13.8. The van der Waals surface area contributed by atoms with Crippen molar-refractivity contribution in [3.8, 4) is 0 Å². The second kappa shape index (κ2) is 16.4. The fourth-order valence-corrected chi connectivity index (χ4v) is 8.32. The Balaban J connectivity index is 1.55. The molecule has 8 bridgehead atoms. The van der Waals surface area contributed by atoms with E-state index in [1.54, 1.807) is 24.6 Å². The number of amides is 4. The minimum absolute atomic E-state index is 0.0604. The van der Waals surface area contributed by atoms with E-state index >= 15 is 0 Å². The number of nitrogens with one attached hydrogen (secondary N) is 4. The fraction of sp³-hybridized carbons (Fsp3) is 0.667. The van der Waals surface area contributed by atoms with Crippen molar-refractivity contribution in [1.82, 2.24) is 31.2 Å². The zero-order valence-corrected chi connectivity index (χ0v) is 33.2. The molecule has 4 N–H and O–H groups in total. The highest BCUT2D eigenvalue weighted by molar-refractivity contribution is 7.10. The second-order valence-corrected chi connectivity index (χ2v) is 16.5. The molecule has 0 aromatic carbocycles. The summed E-state index contributed by atoms with van der Waals surface area (Å²) in [6.45, 7) is 19.4. The standard InChI is InChI=1S/C36H52N8O6S2/c1-11-17(7)25-33-43-27(19(9)49-33)31(47)39-24(16(5)6)36-38-22(14-52-36)30(46)42-26(18(8)12-2)34-44-28(20(10)50-34)32(48)40-23(15(3)4)35-37-21(13-51-35)29(45)41-25/h13-20,23-28H,11-12H2,1-10H3,(H,39,47)(H,40,48)(H,41,45)(H,42,46)/t17?,18?,19-,20-,23+,24+,25-,26-,27-,28-/m0/s1. The Bertz CT molecular complexity index is 1580. The van der Waals surface area contributed by atoms with Crippen LogP contribution in [-0.2, 0) is 19.1 Å². The lowest BCUT2D eigenvalue weighted by Gasteiger charge is -2.24. The first-order valence-electron chi connectivity index (χ1n) is 18.2. The van der Waals surface area contributed by atoms with E-state index in [2.05, 4.69) is 31.2 Å². The predicted octanol–water partition coefficient (Wildman–Crippen LogP) is 4.60. The van der Waals surface area contributed by atoms with Crippen LogP contribution in [0.3, 0.4) is 0 Å². The lowest BCUT2D eigenvalue weighted by atomic mass is 9.98. The van der Waals surface area contributed by atoms with Gasteiger partial charge in [0.1, 0.15) is 45.7 Å². The third-order valence-corrected chi connectivity index (χ3v) is 11.9. The summed E-state index contributed by atoms with van der Waals surface area (Å²) in [7, 11) is 0. The molecule has 14 nitrogen and oxygen atoms in total. The van der Waals surface area contributed by atoms with E-state index in [0.717, 1.165) is 0 Å². The van der Waals surface area contributed by atoms with Crippen LogP contribution in [0.4, 0.5) is 0 Å². The van der Waals surface area contributed by atoms with Gasteiger partial charge in [-0.15, -0.1) is 22.7 Å². The SMILES string of the molecule is CCC(C)[C@@H]1NC(=O)c2csc(n2)[C@@H](C(C)C)NC(=O)[C@H]2N=C(O[C@H]2C)[C@H](C(C)CC)NC(=O)c2csc(n2)[C@@H](C(C)C)NC(=O)[C@H]2N=C1O[C@H]2C. The number of aliphatic imine (C=N–C) groups is 2. The Hall–Kier alpha value is -3.92. The number of fused-ring (bicyclic) bond motifs is 6. The highest BCUT2D eigenvalue weighted by atomic mass is 32.1. The van der Waals surface area contributed by atoms with Crippen LogP contribution in [0.1, 0.15) is 125 Å². The zero-order chi connectivity index (χ0) is 38.0. The number of nitrogens with zero attached hydrogens (tertiary/aromatic N) is 4. The van der Waals surface area contributed by atoms with Gasteiger partial charge in [0.25, 0.3) is 11.8 Å². The molecule has 0 radical (unpaired) electrons. The van der Waals surface area contributed by atoms with Gasteiger partial charge >= 0.3 is 0 Å². The summed E-state index contributed by atoms with van der Waals surface area (Å²) in [6, 6.07) is -3.92. The average molecular weight is 757 g/mol. The number of carbonyl (C=O) groups excluding carboxylic acids is 4. The number of carbonyl (C=O) groups is 4. The van der Waals surface area contributed by atoms with Crippen molar-refractivity contribution in [2.24, 2.45) is 33.7 Å². The topological polar surface area (TPSA) is 185 Å². The normalized spacial score (nSPS) is 29.8. The van der Waals surface area contributed by atoms with Crippen LogP contribution in [0.15, 0.2) is 20.7 Å². The molecule has 3 aliphatic rings. The molecule has 3 aliphatic heterocycles. The molecule has 0 aliphatic carbocycles. The lowest BCUT2D eigenvalue weighted by molar-refractivity contribution is -0.125. The summed E-state index contributed by atoms with van der Waals surface area (Å²) in [4.78, 5) is 73.7. The molecule has 0 saturated heterocycles. The van der Waals surface area contributed by atoms with Crippen molar-refractivity contribution in [3.63, 3.8) is 0 Å². The largest absolute Gasteiger partial charge is 0.474 e. The fourth-order valence-electron chi connectivity index (χ4n) is 6.28. The number of thiazole rings is 2. The molecule has 5 heterocycles. The quantitative estimate of drug-likeness (QED) is 0.330. The molecule has 52 heavy (non-hydrogen) atoms. The molecule has 16 heteroatoms. The van der Waals surface area contributed by atoms with Gasteiger partial charge in [-0.3, -0.25) is 19.2 Å². The molecule has 2 aromatic heterocycles. The van der Waals surface area contributed by atoms with Gasteiger partial charge < -0.3 is 30.7 Å². The van der Waals surface area contributed by atoms with Crippen LogP contribution in [-0.4, -0.2) is 81.8 Å². The van der Waals surface area contributed by atoms with Crippen LogP contribution in [0, 0.1) is 23.7 Å². The molecule has 0 spiro atoms. The summed E-state index contributed by atoms with van der Waals surface area (Å²) in [5.41, 5.74) is 0.410. The predicted molar refractivity (Wildman–Crippen MR) is 201 cm³/mol. The molecule has 0 saturated carbocycles. The summed E-state index contributed by atoms with van der Waals surface area (Å²) < 4.78 is 12.3. The Morgan fingerprint density at radius 3 is 1.31 bits per heavy atom. The first-order chi connectivity index (χ1) is 24.6. The molecule has 2 unspecified atom stereocenters. The second-order valence-electron chi connectivity index (χ2n) is 14.7. The minimum atomic E-state index is -0.857. The van der Waals surface area contributed by atoms with Gasteiger partial charge in [-0.25, -0.2) is 20.0 Å². The molecule has 5 rings (SSSR count). The van der Waals surface area contributed by atoms with E-state index in [9.17, 15) is 19.2 Å². The molecule has 2 aromatic rings. The molecular formula is C36H52N8O6S2. The van der Waals surface area contributed by atoms with Gasteiger partial charge in [0, 0.05) is 10.8 Å². The van der Waals surface area contributed by atoms with E-state index in [1.165, 1.54) is 22.7 Å². The maximum Gasteiger partial charge on any atom is 0.271 e. The maximum atomic E-state index is 13.8. The van der Waals surface area contributed by atoms with Crippen molar-refractivity contribution in [2.45, 2.75) is 131 Å². The molecule has 4 amide bonds. The van der Waals surface area contributed by atoms with Crippen LogP contribution in [0.25, 0.3) is 0 Å².